The lowest BCUT2D eigenvalue weighted by Gasteiger charge is -2.32. The van der Waals surface area contributed by atoms with Gasteiger partial charge in [-0.15, -0.1) is 0 Å². The van der Waals surface area contributed by atoms with Crippen molar-refractivity contribution in [2.24, 2.45) is 5.92 Å². The SMILES string of the molecule is COc1ccc(OC)c(N(CC(=O)N(Cc2c(Cl)cccc2Cl)C(C)C(=O)NCC(C)C)S(C)(=O)=O)c1. The Morgan fingerprint density at radius 2 is 1.65 bits per heavy atom. The highest BCUT2D eigenvalue weighted by Gasteiger charge is 2.32. The fraction of sp³-hybridized carbons (Fsp3) is 0.440. The number of anilines is 1. The van der Waals surface area contributed by atoms with Crippen LogP contribution in [0.3, 0.4) is 0 Å². The molecule has 9 nitrogen and oxygen atoms in total. The minimum absolute atomic E-state index is 0.111. The fourth-order valence-corrected chi connectivity index (χ4v) is 4.84. The summed E-state index contributed by atoms with van der Waals surface area (Å²) in [5.74, 6) is -0.242. The van der Waals surface area contributed by atoms with Crippen LogP contribution in [-0.2, 0) is 26.2 Å². The molecule has 1 unspecified atom stereocenters. The number of nitrogens with zero attached hydrogens (tertiary/aromatic N) is 2. The minimum Gasteiger partial charge on any atom is -0.497 e. The Kier molecular flexibility index (Phi) is 10.9. The molecule has 0 fully saturated rings. The maximum absolute atomic E-state index is 13.7. The Morgan fingerprint density at radius 1 is 1.03 bits per heavy atom. The van der Waals surface area contributed by atoms with Crippen LogP contribution in [-0.4, -0.2) is 64.7 Å². The molecule has 204 valence electrons. The van der Waals surface area contributed by atoms with Crippen molar-refractivity contribution in [1.82, 2.24) is 10.2 Å². The van der Waals surface area contributed by atoms with Crippen molar-refractivity contribution in [3.05, 3.63) is 52.0 Å². The monoisotopic (exact) mass is 573 g/mol. The van der Waals surface area contributed by atoms with E-state index in [0.717, 1.165) is 10.6 Å². The lowest BCUT2D eigenvalue weighted by Crippen LogP contribution is -2.51. The first kappa shape index (κ1) is 30.5. The highest BCUT2D eigenvalue weighted by Crippen LogP contribution is 2.34. The van der Waals surface area contributed by atoms with Crippen molar-refractivity contribution < 1.29 is 27.5 Å². The number of methoxy groups -OCH3 is 2. The van der Waals surface area contributed by atoms with Gasteiger partial charge in [0.2, 0.25) is 21.8 Å². The number of hydrogen-bond acceptors (Lipinski definition) is 6. The van der Waals surface area contributed by atoms with Gasteiger partial charge in [0.15, 0.2) is 0 Å². The number of rotatable bonds is 12. The van der Waals surface area contributed by atoms with Crippen molar-refractivity contribution in [2.75, 3.05) is 37.9 Å². The molecule has 37 heavy (non-hydrogen) atoms. The number of amides is 2. The molecular weight excluding hydrogens is 541 g/mol. The second-order valence-corrected chi connectivity index (χ2v) is 11.6. The molecule has 0 aliphatic rings. The van der Waals surface area contributed by atoms with E-state index in [1.54, 1.807) is 37.3 Å². The lowest BCUT2D eigenvalue weighted by atomic mass is 10.1. The van der Waals surface area contributed by atoms with Gasteiger partial charge < -0.3 is 19.7 Å². The van der Waals surface area contributed by atoms with Gasteiger partial charge in [0, 0.05) is 34.8 Å². The summed E-state index contributed by atoms with van der Waals surface area (Å²) in [5, 5.41) is 3.44. The molecule has 2 aromatic carbocycles. The number of halogens is 2. The van der Waals surface area contributed by atoms with E-state index >= 15 is 0 Å². The van der Waals surface area contributed by atoms with Gasteiger partial charge in [-0.3, -0.25) is 13.9 Å². The van der Waals surface area contributed by atoms with Crippen LogP contribution in [0.25, 0.3) is 0 Å². The van der Waals surface area contributed by atoms with Crippen LogP contribution < -0.4 is 19.1 Å². The molecule has 0 spiro atoms. The predicted octanol–water partition coefficient (Wildman–Crippen LogP) is 3.97. The normalized spacial score (nSPS) is 12.1. The highest BCUT2D eigenvalue weighted by molar-refractivity contribution is 7.92. The molecule has 0 saturated heterocycles. The van der Waals surface area contributed by atoms with Crippen molar-refractivity contribution in [2.45, 2.75) is 33.4 Å². The lowest BCUT2D eigenvalue weighted by molar-refractivity contribution is -0.139. The van der Waals surface area contributed by atoms with Crippen LogP contribution in [0.15, 0.2) is 36.4 Å². The molecule has 2 amide bonds. The van der Waals surface area contributed by atoms with Gasteiger partial charge >= 0.3 is 0 Å². The first-order valence-corrected chi connectivity index (χ1v) is 14.1. The second-order valence-electron chi connectivity index (χ2n) is 8.84. The summed E-state index contributed by atoms with van der Waals surface area (Å²) in [7, 11) is -1.14. The summed E-state index contributed by atoms with van der Waals surface area (Å²) in [4.78, 5) is 27.9. The van der Waals surface area contributed by atoms with Crippen LogP contribution in [0.2, 0.25) is 10.0 Å². The Balaban J connectivity index is 2.52. The smallest absolute Gasteiger partial charge is 0.244 e. The van der Waals surface area contributed by atoms with Gasteiger partial charge in [-0.1, -0.05) is 43.1 Å². The first-order chi connectivity index (χ1) is 17.3. The van der Waals surface area contributed by atoms with Crippen LogP contribution in [0.4, 0.5) is 5.69 Å². The molecule has 1 atom stereocenters. The molecule has 0 radical (unpaired) electrons. The zero-order chi connectivity index (χ0) is 27.9. The average molecular weight is 575 g/mol. The maximum atomic E-state index is 13.7. The number of carbonyl (C=O) groups is 2. The van der Waals surface area contributed by atoms with E-state index in [1.807, 2.05) is 13.8 Å². The largest absolute Gasteiger partial charge is 0.497 e. The number of hydrogen-bond donors (Lipinski definition) is 1. The average Bonchev–Trinajstić information content (AvgIpc) is 2.84. The molecule has 0 aliphatic carbocycles. The Labute approximate surface area is 228 Å². The van der Waals surface area contributed by atoms with E-state index in [4.69, 9.17) is 32.7 Å². The van der Waals surface area contributed by atoms with Crippen molar-refractivity contribution in [3.8, 4) is 11.5 Å². The maximum Gasteiger partial charge on any atom is 0.244 e. The van der Waals surface area contributed by atoms with E-state index in [9.17, 15) is 18.0 Å². The molecule has 2 aromatic rings. The number of nitrogens with one attached hydrogen (secondary N) is 1. The Bertz CT molecular complexity index is 1200. The summed E-state index contributed by atoms with van der Waals surface area (Å²) < 4.78 is 37.2. The summed E-state index contributed by atoms with van der Waals surface area (Å²) in [6.45, 7) is 5.15. The quantitative estimate of drug-likeness (QED) is 0.412. The molecular formula is C25H33Cl2N3O6S. The number of carbonyl (C=O) groups excluding carboxylic acids is 2. The predicted molar refractivity (Wildman–Crippen MR) is 146 cm³/mol. The Hall–Kier alpha value is -2.69. The van der Waals surface area contributed by atoms with Crippen LogP contribution in [0.1, 0.15) is 26.3 Å². The van der Waals surface area contributed by atoms with E-state index in [0.29, 0.717) is 27.9 Å². The van der Waals surface area contributed by atoms with Crippen molar-refractivity contribution >= 4 is 50.7 Å². The summed E-state index contributed by atoms with van der Waals surface area (Å²) in [6, 6.07) is 8.57. The third-order valence-corrected chi connectivity index (χ3v) is 7.41. The first-order valence-electron chi connectivity index (χ1n) is 11.5. The van der Waals surface area contributed by atoms with Gasteiger partial charge in [0.05, 0.1) is 26.2 Å². The van der Waals surface area contributed by atoms with E-state index in [2.05, 4.69) is 5.32 Å². The van der Waals surface area contributed by atoms with Crippen LogP contribution in [0, 0.1) is 5.92 Å². The third-order valence-electron chi connectivity index (χ3n) is 5.58. The van der Waals surface area contributed by atoms with Crippen LogP contribution >= 0.6 is 23.2 Å². The number of ether oxygens (including phenoxy) is 2. The molecule has 1 N–H and O–H groups in total. The minimum atomic E-state index is -3.96. The molecule has 12 heteroatoms. The fourth-order valence-electron chi connectivity index (χ4n) is 3.48. The zero-order valence-electron chi connectivity index (χ0n) is 21.7. The summed E-state index contributed by atoms with van der Waals surface area (Å²) in [6.07, 6.45) is 0.979. The van der Waals surface area contributed by atoms with Gasteiger partial charge in [0.25, 0.3) is 0 Å². The van der Waals surface area contributed by atoms with Crippen molar-refractivity contribution in [3.63, 3.8) is 0 Å². The molecule has 2 rings (SSSR count). The highest BCUT2D eigenvalue weighted by atomic mass is 35.5. The van der Waals surface area contributed by atoms with E-state index in [1.165, 1.54) is 25.2 Å². The van der Waals surface area contributed by atoms with E-state index < -0.39 is 34.4 Å². The van der Waals surface area contributed by atoms with Gasteiger partial charge in [0.1, 0.15) is 24.1 Å². The third kappa shape index (κ3) is 8.15. The number of benzene rings is 2. The van der Waals surface area contributed by atoms with Gasteiger partial charge in [-0.05, 0) is 37.1 Å². The van der Waals surface area contributed by atoms with Crippen LogP contribution in [0.5, 0.6) is 11.5 Å². The Morgan fingerprint density at radius 3 is 2.16 bits per heavy atom. The van der Waals surface area contributed by atoms with Crippen molar-refractivity contribution in [1.29, 1.82) is 0 Å². The molecule has 0 bridgehead atoms. The van der Waals surface area contributed by atoms with Gasteiger partial charge in [-0.2, -0.15) is 0 Å². The standard InChI is InChI=1S/C25H33Cl2N3O6S/c1-16(2)13-28-25(32)17(3)29(14-19-20(26)8-7-9-21(19)27)24(31)15-30(37(6,33)34)22-12-18(35-4)10-11-23(22)36-5/h7-12,16-17H,13-15H2,1-6H3,(H,28,32). The summed E-state index contributed by atoms with van der Waals surface area (Å²) in [5.41, 5.74) is 0.554. The molecule has 0 heterocycles. The molecule has 0 saturated carbocycles. The topological polar surface area (TPSA) is 105 Å². The molecule has 0 aromatic heterocycles. The number of sulfonamides is 1. The zero-order valence-corrected chi connectivity index (χ0v) is 24.1. The summed E-state index contributed by atoms with van der Waals surface area (Å²) >= 11 is 12.7. The van der Waals surface area contributed by atoms with E-state index in [-0.39, 0.29) is 23.9 Å². The molecule has 0 aliphatic heterocycles. The second kappa shape index (κ2) is 13.2. The van der Waals surface area contributed by atoms with Gasteiger partial charge in [-0.25, -0.2) is 8.42 Å².